The zero-order valence-corrected chi connectivity index (χ0v) is 13.2. The zero-order valence-electron chi connectivity index (χ0n) is 13.2. The van der Waals surface area contributed by atoms with Crippen LogP contribution in [0.1, 0.15) is 45.1 Å². The maximum atomic E-state index is 13.8. The second-order valence-corrected chi connectivity index (χ2v) is 6.95. The number of ether oxygens (including phenoxy) is 1. The third-order valence-electron chi connectivity index (χ3n) is 4.56. The van der Waals surface area contributed by atoms with E-state index in [0.29, 0.717) is 29.8 Å². The van der Waals surface area contributed by atoms with E-state index in [4.69, 9.17) is 4.74 Å². The van der Waals surface area contributed by atoms with Crippen molar-refractivity contribution in [3.63, 3.8) is 0 Å². The Morgan fingerprint density at radius 3 is 2.48 bits per heavy atom. The Kier molecular flexibility index (Phi) is 4.89. The summed E-state index contributed by atoms with van der Waals surface area (Å²) >= 11 is 0. The molecule has 3 nitrogen and oxygen atoms in total. The summed E-state index contributed by atoms with van der Waals surface area (Å²) in [6.45, 7) is 5.41. The minimum absolute atomic E-state index is 0.279. The van der Waals surface area contributed by atoms with Gasteiger partial charge in [-0.05, 0) is 37.2 Å². The Morgan fingerprint density at radius 1 is 1.24 bits per heavy atom. The molecule has 4 heteroatoms. The van der Waals surface area contributed by atoms with E-state index in [-0.39, 0.29) is 5.82 Å². The summed E-state index contributed by atoms with van der Waals surface area (Å²) in [5.74, 6) is 0.239. The van der Waals surface area contributed by atoms with Crippen LogP contribution in [0.15, 0.2) is 18.2 Å². The first kappa shape index (κ1) is 16.2. The first-order valence-corrected chi connectivity index (χ1v) is 7.59. The molecule has 0 amide bonds. The normalized spacial score (nSPS) is 20.2. The number of aliphatic hydroxyl groups is 1. The van der Waals surface area contributed by atoms with Gasteiger partial charge in [0, 0.05) is 24.7 Å². The summed E-state index contributed by atoms with van der Waals surface area (Å²) in [5.41, 5.74) is 0.266. The molecule has 118 valence electrons. The van der Waals surface area contributed by atoms with Crippen LogP contribution in [0.3, 0.4) is 0 Å². The molecular formula is C17H26FNO2. The number of halogens is 1. The summed E-state index contributed by atoms with van der Waals surface area (Å²) in [6.07, 6.45) is 3.67. The molecule has 0 bridgehead atoms. The van der Waals surface area contributed by atoms with E-state index in [2.05, 4.69) is 19.2 Å². The smallest absolute Gasteiger partial charge is 0.131 e. The number of nitrogens with one attached hydrogen (secondary N) is 1. The van der Waals surface area contributed by atoms with Gasteiger partial charge in [-0.3, -0.25) is 0 Å². The van der Waals surface area contributed by atoms with E-state index >= 15 is 0 Å². The predicted octanol–water partition coefficient (Wildman–Crippen LogP) is 3.26. The Balaban J connectivity index is 1.84. The average molecular weight is 295 g/mol. The van der Waals surface area contributed by atoms with Crippen LogP contribution >= 0.6 is 0 Å². The molecule has 1 aromatic rings. The molecule has 1 aliphatic rings. The highest BCUT2D eigenvalue weighted by atomic mass is 19.1. The van der Waals surface area contributed by atoms with Crippen molar-refractivity contribution in [2.45, 2.75) is 51.7 Å². The van der Waals surface area contributed by atoms with Crippen molar-refractivity contribution >= 4 is 0 Å². The highest BCUT2D eigenvalue weighted by molar-refractivity contribution is 5.28. The van der Waals surface area contributed by atoms with Crippen molar-refractivity contribution in [2.24, 2.45) is 5.41 Å². The Morgan fingerprint density at radius 2 is 1.90 bits per heavy atom. The molecule has 0 radical (unpaired) electrons. The lowest BCUT2D eigenvalue weighted by Gasteiger charge is -2.40. The summed E-state index contributed by atoms with van der Waals surface area (Å²) in [7, 11) is 1.52. The monoisotopic (exact) mass is 295 g/mol. The molecule has 21 heavy (non-hydrogen) atoms. The molecule has 1 saturated carbocycles. The molecule has 0 saturated heterocycles. The van der Waals surface area contributed by atoms with Gasteiger partial charge in [0.15, 0.2) is 0 Å². The SMILES string of the molecule is COc1ccc(CNCC2(O)CCC(C)(C)CC2)c(F)c1. The van der Waals surface area contributed by atoms with Gasteiger partial charge in [0.1, 0.15) is 11.6 Å². The van der Waals surface area contributed by atoms with Crippen molar-refractivity contribution in [2.75, 3.05) is 13.7 Å². The molecule has 0 atom stereocenters. The average Bonchev–Trinajstić information content (AvgIpc) is 2.44. The van der Waals surface area contributed by atoms with E-state index in [1.165, 1.54) is 13.2 Å². The van der Waals surface area contributed by atoms with Gasteiger partial charge in [-0.1, -0.05) is 19.9 Å². The first-order chi connectivity index (χ1) is 9.84. The van der Waals surface area contributed by atoms with Crippen LogP contribution in [0.4, 0.5) is 4.39 Å². The molecule has 1 aliphatic carbocycles. The van der Waals surface area contributed by atoms with Crippen molar-refractivity contribution in [1.82, 2.24) is 5.32 Å². The maximum absolute atomic E-state index is 13.8. The first-order valence-electron chi connectivity index (χ1n) is 7.59. The highest BCUT2D eigenvalue weighted by Gasteiger charge is 2.36. The topological polar surface area (TPSA) is 41.5 Å². The molecular weight excluding hydrogens is 269 g/mol. The lowest BCUT2D eigenvalue weighted by molar-refractivity contribution is -0.0245. The predicted molar refractivity (Wildman–Crippen MR) is 81.9 cm³/mol. The maximum Gasteiger partial charge on any atom is 0.131 e. The van der Waals surface area contributed by atoms with Crippen LogP contribution in [-0.2, 0) is 6.54 Å². The summed E-state index contributed by atoms with van der Waals surface area (Å²) < 4.78 is 18.8. The third kappa shape index (κ3) is 4.42. The van der Waals surface area contributed by atoms with Crippen molar-refractivity contribution < 1.29 is 14.2 Å². The Hall–Kier alpha value is -1.13. The van der Waals surface area contributed by atoms with Crippen LogP contribution < -0.4 is 10.1 Å². The second kappa shape index (κ2) is 6.32. The lowest BCUT2D eigenvalue weighted by Crippen LogP contribution is -2.44. The summed E-state index contributed by atoms with van der Waals surface area (Å²) in [5, 5.41) is 13.7. The largest absolute Gasteiger partial charge is 0.497 e. The van der Waals surface area contributed by atoms with Crippen molar-refractivity contribution in [3.05, 3.63) is 29.6 Å². The number of hydrogen-bond donors (Lipinski definition) is 2. The van der Waals surface area contributed by atoms with E-state index < -0.39 is 5.60 Å². The van der Waals surface area contributed by atoms with Crippen molar-refractivity contribution in [1.29, 1.82) is 0 Å². The van der Waals surface area contributed by atoms with E-state index in [0.717, 1.165) is 25.7 Å². The third-order valence-corrected chi connectivity index (χ3v) is 4.56. The molecule has 2 rings (SSSR count). The fraction of sp³-hybridized carbons (Fsp3) is 0.647. The molecule has 0 aliphatic heterocycles. The molecule has 0 aromatic heterocycles. The molecule has 1 fully saturated rings. The van der Waals surface area contributed by atoms with E-state index in [1.807, 2.05) is 0 Å². The van der Waals surface area contributed by atoms with Crippen LogP contribution in [0, 0.1) is 11.2 Å². The summed E-state index contributed by atoms with van der Waals surface area (Å²) in [6, 6.07) is 4.85. The minimum Gasteiger partial charge on any atom is -0.497 e. The molecule has 0 spiro atoms. The molecule has 2 N–H and O–H groups in total. The fourth-order valence-electron chi connectivity index (χ4n) is 2.80. The van der Waals surface area contributed by atoms with Gasteiger partial charge in [-0.2, -0.15) is 0 Å². The van der Waals surface area contributed by atoms with Crippen LogP contribution in [-0.4, -0.2) is 24.4 Å². The molecule has 0 heterocycles. The number of hydrogen-bond acceptors (Lipinski definition) is 3. The van der Waals surface area contributed by atoms with Gasteiger partial charge in [0.25, 0.3) is 0 Å². The lowest BCUT2D eigenvalue weighted by atomic mass is 9.71. The van der Waals surface area contributed by atoms with Crippen LogP contribution in [0.2, 0.25) is 0 Å². The standard InChI is InChI=1S/C17H26FNO2/c1-16(2)6-8-17(20,9-7-16)12-19-11-13-4-5-14(21-3)10-15(13)18/h4-5,10,19-20H,6-9,11-12H2,1-3H3. The number of benzene rings is 1. The molecule has 1 aromatic carbocycles. The van der Waals surface area contributed by atoms with Gasteiger partial charge >= 0.3 is 0 Å². The fourth-order valence-corrected chi connectivity index (χ4v) is 2.80. The van der Waals surface area contributed by atoms with Gasteiger partial charge in [0.05, 0.1) is 12.7 Å². The summed E-state index contributed by atoms with van der Waals surface area (Å²) in [4.78, 5) is 0. The highest BCUT2D eigenvalue weighted by Crippen LogP contribution is 2.39. The minimum atomic E-state index is -0.654. The van der Waals surface area contributed by atoms with Gasteiger partial charge in [0.2, 0.25) is 0 Å². The van der Waals surface area contributed by atoms with Gasteiger partial charge < -0.3 is 15.2 Å². The Bertz CT molecular complexity index is 478. The Labute approximate surface area is 126 Å². The molecule has 0 unspecified atom stereocenters. The van der Waals surface area contributed by atoms with E-state index in [1.54, 1.807) is 12.1 Å². The number of methoxy groups -OCH3 is 1. The quantitative estimate of drug-likeness (QED) is 0.876. The van der Waals surface area contributed by atoms with Gasteiger partial charge in [-0.25, -0.2) is 4.39 Å². The van der Waals surface area contributed by atoms with Crippen LogP contribution in [0.5, 0.6) is 5.75 Å². The van der Waals surface area contributed by atoms with E-state index in [9.17, 15) is 9.50 Å². The van der Waals surface area contributed by atoms with Crippen molar-refractivity contribution in [3.8, 4) is 5.75 Å². The zero-order chi connectivity index (χ0) is 15.5. The second-order valence-electron chi connectivity index (χ2n) is 6.95. The van der Waals surface area contributed by atoms with Gasteiger partial charge in [-0.15, -0.1) is 0 Å². The number of rotatable bonds is 5. The van der Waals surface area contributed by atoms with Crippen LogP contribution in [0.25, 0.3) is 0 Å².